The van der Waals surface area contributed by atoms with Gasteiger partial charge in [-0.25, -0.2) is 0 Å². The van der Waals surface area contributed by atoms with E-state index >= 15 is 0 Å². The van der Waals surface area contributed by atoms with Crippen LogP contribution >= 0.6 is 27.5 Å². The number of halogens is 2. The van der Waals surface area contributed by atoms with Crippen LogP contribution in [0.2, 0.25) is 5.02 Å². The Hall–Kier alpha value is -1.07. The van der Waals surface area contributed by atoms with Crippen LogP contribution in [0.25, 0.3) is 0 Å². The van der Waals surface area contributed by atoms with Crippen molar-refractivity contribution in [1.29, 1.82) is 0 Å². The van der Waals surface area contributed by atoms with Gasteiger partial charge in [0.05, 0.1) is 10.7 Å². The average Bonchev–Trinajstić information content (AvgIpc) is 2.40. The van der Waals surface area contributed by atoms with Crippen LogP contribution < -0.4 is 5.32 Å². The van der Waals surface area contributed by atoms with Crippen LogP contribution in [0.3, 0.4) is 0 Å². The maximum Gasteiger partial charge on any atom is 0.253 e. The second-order valence-electron chi connectivity index (χ2n) is 4.59. The van der Waals surface area contributed by atoms with E-state index in [9.17, 15) is 9.59 Å². The molecule has 1 aromatic carbocycles. The van der Waals surface area contributed by atoms with Gasteiger partial charge in [0.1, 0.15) is 0 Å². The molecule has 4 nitrogen and oxygen atoms in total. The molecule has 0 fully saturated rings. The van der Waals surface area contributed by atoms with E-state index in [1.165, 1.54) is 4.90 Å². The highest BCUT2D eigenvalue weighted by molar-refractivity contribution is 9.09. The van der Waals surface area contributed by atoms with Crippen LogP contribution in [0.5, 0.6) is 0 Å². The van der Waals surface area contributed by atoms with Crippen LogP contribution in [-0.2, 0) is 4.79 Å². The Morgan fingerprint density at radius 3 is 2.60 bits per heavy atom. The Balaban J connectivity index is 2.76. The minimum Gasteiger partial charge on any atom is -0.345 e. The SMILES string of the molecule is CN(C)C(=O)c1ccc(Cl)c(NC(=O)CCCCBr)c1. The molecule has 0 radical (unpaired) electrons. The molecule has 1 N–H and O–H groups in total. The third-order valence-electron chi connectivity index (χ3n) is 2.68. The molecule has 0 unspecified atom stereocenters. The van der Waals surface area contributed by atoms with Crippen molar-refractivity contribution in [3.05, 3.63) is 28.8 Å². The summed E-state index contributed by atoms with van der Waals surface area (Å²) in [6.07, 6.45) is 2.19. The van der Waals surface area contributed by atoms with Crippen molar-refractivity contribution in [2.45, 2.75) is 19.3 Å². The van der Waals surface area contributed by atoms with E-state index in [-0.39, 0.29) is 11.8 Å². The quantitative estimate of drug-likeness (QED) is 0.622. The lowest BCUT2D eigenvalue weighted by Crippen LogP contribution is -2.22. The fourth-order valence-electron chi connectivity index (χ4n) is 1.61. The van der Waals surface area contributed by atoms with Crippen molar-refractivity contribution in [3.8, 4) is 0 Å². The van der Waals surface area contributed by atoms with Gasteiger partial charge in [-0.3, -0.25) is 9.59 Å². The maximum atomic E-state index is 11.9. The largest absolute Gasteiger partial charge is 0.345 e. The molecule has 1 rings (SSSR count). The predicted octanol–water partition coefficient (Wildman–Crippen LogP) is 3.55. The Morgan fingerprint density at radius 1 is 1.30 bits per heavy atom. The highest BCUT2D eigenvalue weighted by Gasteiger charge is 2.12. The highest BCUT2D eigenvalue weighted by atomic mass is 79.9. The Bertz CT molecular complexity index is 492. The van der Waals surface area contributed by atoms with Crippen LogP contribution in [0.1, 0.15) is 29.6 Å². The van der Waals surface area contributed by atoms with Crippen LogP contribution in [-0.4, -0.2) is 36.1 Å². The maximum absolute atomic E-state index is 11.9. The van der Waals surface area contributed by atoms with E-state index in [4.69, 9.17) is 11.6 Å². The Morgan fingerprint density at radius 2 is 2.00 bits per heavy atom. The number of amides is 2. The zero-order valence-electron chi connectivity index (χ0n) is 11.6. The molecule has 0 atom stereocenters. The molecule has 0 saturated carbocycles. The zero-order chi connectivity index (χ0) is 15.1. The second kappa shape index (κ2) is 8.27. The first-order chi connectivity index (χ1) is 9.45. The monoisotopic (exact) mass is 360 g/mol. The molecular weight excluding hydrogens is 344 g/mol. The van der Waals surface area contributed by atoms with Gasteiger partial charge in [0.2, 0.25) is 5.91 Å². The van der Waals surface area contributed by atoms with Crippen molar-refractivity contribution in [2.24, 2.45) is 0 Å². The molecule has 0 heterocycles. The van der Waals surface area contributed by atoms with E-state index < -0.39 is 0 Å². The smallest absolute Gasteiger partial charge is 0.253 e. The molecular formula is C14H18BrClN2O2. The lowest BCUT2D eigenvalue weighted by atomic mass is 10.1. The molecule has 0 spiro atoms. The second-order valence-corrected chi connectivity index (χ2v) is 5.79. The molecule has 1 aromatic rings. The van der Waals surface area contributed by atoms with Crippen molar-refractivity contribution >= 4 is 45.0 Å². The molecule has 0 aromatic heterocycles. The van der Waals surface area contributed by atoms with E-state index in [2.05, 4.69) is 21.2 Å². The van der Waals surface area contributed by atoms with Crippen LogP contribution in [0.4, 0.5) is 5.69 Å². The van der Waals surface area contributed by atoms with Crippen molar-refractivity contribution in [3.63, 3.8) is 0 Å². The number of alkyl halides is 1. The van der Waals surface area contributed by atoms with Crippen molar-refractivity contribution in [1.82, 2.24) is 4.90 Å². The molecule has 0 saturated heterocycles. The van der Waals surface area contributed by atoms with Crippen molar-refractivity contribution in [2.75, 3.05) is 24.7 Å². The number of unbranched alkanes of at least 4 members (excludes halogenated alkanes) is 1. The van der Waals surface area contributed by atoms with E-state index in [1.54, 1.807) is 32.3 Å². The summed E-state index contributed by atoms with van der Waals surface area (Å²) in [6, 6.07) is 4.87. The van der Waals surface area contributed by atoms with Gasteiger partial charge in [0.25, 0.3) is 5.91 Å². The highest BCUT2D eigenvalue weighted by Crippen LogP contribution is 2.24. The number of carbonyl (C=O) groups is 2. The summed E-state index contributed by atoms with van der Waals surface area (Å²) in [5.74, 6) is -0.223. The molecule has 2 amide bonds. The van der Waals surface area contributed by atoms with Crippen LogP contribution in [0.15, 0.2) is 18.2 Å². The van der Waals surface area contributed by atoms with Gasteiger partial charge < -0.3 is 10.2 Å². The predicted molar refractivity (Wildman–Crippen MR) is 85.7 cm³/mol. The lowest BCUT2D eigenvalue weighted by molar-refractivity contribution is -0.116. The van der Waals surface area contributed by atoms with Gasteiger partial charge in [-0.15, -0.1) is 0 Å². The minimum atomic E-state index is -0.128. The van der Waals surface area contributed by atoms with E-state index in [1.807, 2.05) is 0 Å². The zero-order valence-corrected chi connectivity index (χ0v) is 13.9. The summed E-state index contributed by atoms with van der Waals surface area (Å²) in [5, 5.41) is 4.05. The number of nitrogens with one attached hydrogen (secondary N) is 1. The Kier molecular flexibility index (Phi) is 7.02. The fraction of sp³-hybridized carbons (Fsp3) is 0.429. The summed E-state index contributed by atoms with van der Waals surface area (Å²) in [7, 11) is 3.35. The topological polar surface area (TPSA) is 49.4 Å². The van der Waals surface area contributed by atoms with Gasteiger partial charge in [-0.2, -0.15) is 0 Å². The first-order valence-electron chi connectivity index (χ1n) is 6.32. The lowest BCUT2D eigenvalue weighted by Gasteiger charge is -2.13. The third kappa shape index (κ3) is 5.13. The molecule has 0 aliphatic heterocycles. The van der Waals surface area contributed by atoms with E-state index in [0.717, 1.165) is 18.2 Å². The van der Waals surface area contributed by atoms with Gasteiger partial charge in [-0.1, -0.05) is 27.5 Å². The summed E-state index contributed by atoms with van der Waals surface area (Å²) in [5.41, 5.74) is 0.971. The van der Waals surface area contributed by atoms with E-state index in [0.29, 0.717) is 22.7 Å². The average molecular weight is 362 g/mol. The summed E-state index contributed by atoms with van der Waals surface area (Å²) < 4.78 is 0. The number of benzene rings is 1. The molecule has 6 heteroatoms. The number of nitrogens with zero attached hydrogens (tertiary/aromatic N) is 1. The normalized spacial score (nSPS) is 10.2. The summed E-state index contributed by atoms with van der Waals surface area (Å²) >= 11 is 9.36. The van der Waals surface area contributed by atoms with Gasteiger partial charge in [0.15, 0.2) is 0 Å². The number of rotatable bonds is 6. The number of anilines is 1. The van der Waals surface area contributed by atoms with Gasteiger partial charge >= 0.3 is 0 Å². The third-order valence-corrected chi connectivity index (χ3v) is 3.57. The number of hydrogen-bond donors (Lipinski definition) is 1. The molecule has 0 bridgehead atoms. The first kappa shape index (κ1) is 17.0. The fourth-order valence-corrected chi connectivity index (χ4v) is 2.17. The summed E-state index contributed by atoms with van der Waals surface area (Å²) in [4.78, 5) is 25.1. The molecule has 110 valence electrons. The van der Waals surface area contributed by atoms with Gasteiger partial charge in [0, 0.05) is 31.4 Å². The Labute approximate surface area is 132 Å². The number of carbonyl (C=O) groups excluding carboxylic acids is 2. The minimum absolute atomic E-state index is 0.0951. The standard InChI is InChI=1S/C14H18BrClN2O2/c1-18(2)14(20)10-6-7-11(16)12(9-10)17-13(19)5-3-4-8-15/h6-7,9H,3-5,8H2,1-2H3,(H,17,19). The molecule has 0 aliphatic rings. The molecule has 20 heavy (non-hydrogen) atoms. The number of hydrogen-bond acceptors (Lipinski definition) is 2. The van der Waals surface area contributed by atoms with Crippen LogP contribution in [0, 0.1) is 0 Å². The van der Waals surface area contributed by atoms with Gasteiger partial charge in [-0.05, 0) is 31.0 Å². The molecule has 0 aliphatic carbocycles. The summed E-state index contributed by atoms with van der Waals surface area (Å²) in [6.45, 7) is 0. The first-order valence-corrected chi connectivity index (χ1v) is 7.82. The van der Waals surface area contributed by atoms with Crippen molar-refractivity contribution < 1.29 is 9.59 Å².